The number of benzene rings is 1. The summed E-state index contributed by atoms with van der Waals surface area (Å²) < 4.78 is 13.8. The average Bonchev–Trinajstić information content (AvgIpc) is 2.37. The molecule has 0 saturated heterocycles. The van der Waals surface area contributed by atoms with Crippen LogP contribution in [0.2, 0.25) is 0 Å². The smallest absolute Gasteiger partial charge is 0.146 e. The Morgan fingerprint density at radius 1 is 1.21 bits per heavy atom. The summed E-state index contributed by atoms with van der Waals surface area (Å²) in [7, 11) is 1.75. The van der Waals surface area contributed by atoms with Crippen molar-refractivity contribution in [1.82, 2.24) is 9.97 Å². The molecule has 1 aromatic carbocycles. The summed E-state index contributed by atoms with van der Waals surface area (Å²) in [5.41, 5.74) is 6.23. The molecule has 2 N–H and O–H groups in total. The zero-order chi connectivity index (χ0) is 14.0. The molecule has 100 valence electrons. The van der Waals surface area contributed by atoms with Crippen LogP contribution in [0.4, 0.5) is 21.7 Å². The van der Waals surface area contributed by atoms with E-state index >= 15 is 0 Å². The molecule has 0 aliphatic rings. The quantitative estimate of drug-likeness (QED) is 0.921. The summed E-state index contributed by atoms with van der Waals surface area (Å²) in [6, 6.07) is 8.18. The van der Waals surface area contributed by atoms with Crippen molar-refractivity contribution in [2.24, 2.45) is 0 Å². The molecule has 0 spiro atoms. The minimum absolute atomic E-state index is 0.163. The van der Waals surface area contributed by atoms with Gasteiger partial charge in [-0.05, 0) is 12.1 Å². The van der Waals surface area contributed by atoms with E-state index in [1.165, 1.54) is 6.07 Å². The van der Waals surface area contributed by atoms with E-state index in [0.717, 1.165) is 0 Å². The highest BCUT2D eigenvalue weighted by Crippen LogP contribution is 2.26. The molecule has 1 heterocycles. The number of para-hydroxylation sites is 1. The molecule has 0 saturated carbocycles. The minimum atomic E-state index is -0.298. The third-order valence-electron chi connectivity index (χ3n) is 2.82. The van der Waals surface area contributed by atoms with Gasteiger partial charge in [-0.25, -0.2) is 14.4 Å². The molecule has 0 aliphatic carbocycles. The van der Waals surface area contributed by atoms with Gasteiger partial charge in [0.05, 0.1) is 5.69 Å². The summed E-state index contributed by atoms with van der Waals surface area (Å²) in [4.78, 5) is 10.3. The van der Waals surface area contributed by atoms with Gasteiger partial charge in [0.1, 0.15) is 23.3 Å². The molecule has 4 nitrogen and oxygen atoms in total. The molecule has 2 aromatic rings. The summed E-state index contributed by atoms with van der Waals surface area (Å²) in [6.45, 7) is 3.98. The Balaban J connectivity index is 2.44. The predicted octanol–water partition coefficient (Wildman–Crippen LogP) is 3.09. The number of rotatable bonds is 3. The van der Waals surface area contributed by atoms with Crippen LogP contribution in [0.3, 0.4) is 0 Å². The van der Waals surface area contributed by atoms with Crippen molar-refractivity contribution in [1.29, 1.82) is 0 Å². The summed E-state index contributed by atoms with van der Waals surface area (Å²) in [5.74, 6) is 1.49. The van der Waals surface area contributed by atoms with E-state index in [0.29, 0.717) is 23.1 Å². The molecule has 0 bridgehead atoms. The lowest BCUT2D eigenvalue weighted by Gasteiger charge is -2.20. The molecule has 0 unspecified atom stereocenters. The topological polar surface area (TPSA) is 55.0 Å². The summed E-state index contributed by atoms with van der Waals surface area (Å²) >= 11 is 0. The van der Waals surface area contributed by atoms with Gasteiger partial charge in [0.25, 0.3) is 0 Å². The fourth-order valence-corrected chi connectivity index (χ4v) is 1.75. The molecular weight excluding hydrogens is 243 g/mol. The van der Waals surface area contributed by atoms with Crippen LogP contribution in [0, 0.1) is 5.82 Å². The van der Waals surface area contributed by atoms with E-state index in [-0.39, 0.29) is 11.7 Å². The van der Waals surface area contributed by atoms with Gasteiger partial charge < -0.3 is 10.6 Å². The number of hydrogen-bond donors (Lipinski definition) is 1. The van der Waals surface area contributed by atoms with Crippen LogP contribution in [0.25, 0.3) is 0 Å². The Morgan fingerprint density at radius 3 is 2.53 bits per heavy atom. The second kappa shape index (κ2) is 5.22. The number of nitrogens with zero attached hydrogens (tertiary/aromatic N) is 3. The Kier molecular flexibility index (Phi) is 3.64. The number of halogens is 1. The summed E-state index contributed by atoms with van der Waals surface area (Å²) in [6.07, 6.45) is 0. The zero-order valence-electron chi connectivity index (χ0n) is 11.3. The fourth-order valence-electron chi connectivity index (χ4n) is 1.75. The Labute approximate surface area is 112 Å². The number of nitrogens with two attached hydrogens (primary N) is 1. The van der Waals surface area contributed by atoms with Gasteiger partial charge in [-0.1, -0.05) is 26.0 Å². The van der Waals surface area contributed by atoms with E-state index in [9.17, 15) is 4.39 Å². The van der Waals surface area contributed by atoms with Crippen LogP contribution in [-0.4, -0.2) is 17.0 Å². The number of hydrogen-bond acceptors (Lipinski definition) is 4. The summed E-state index contributed by atoms with van der Waals surface area (Å²) in [5, 5.41) is 0. The van der Waals surface area contributed by atoms with Gasteiger partial charge in [-0.2, -0.15) is 0 Å². The lowest BCUT2D eigenvalue weighted by Crippen LogP contribution is -2.15. The van der Waals surface area contributed by atoms with Crippen LogP contribution in [0.15, 0.2) is 30.3 Å². The van der Waals surface area contributed by atoms with Crippen LogP contribution in [0.1, 0.15) is 25.6 Å². The lowest BCUT2D eigenvalue weighted by molar-refractivity contribution is 0.627. The highest BCUT2D eigenvalue weighted by Gasteiger charge is 2.13. The molecule has 2 rings (SSSR count). The van der Waals surface area contributed by atoms with E-state index in [1.54, 1.807) is 36.2 Å². The van der Waals surface area contributed by atoms with Crippen molar-refractivity contribution in [2.75, 3.05) is 17.7 Å². The Bertz CT molecular complexity index is 583. The van der Waals surface area contributed by atoms with Gasteiger partial charge in [-0.3, -0.25) is 0 Å². The normalized spacial score (nSPS) is 10.8. The number of aromatic nitrogens is 2. The highest BCUT2D eigenvalue weighted by atomic mass is 19.1. The van der Waals surface area contributed by atoms with Gasteiger partial charge in [0, 0.05) is 19.0 Å². The maximum Gasteiger partial charge on any atom is 0.146 e. The lowest BCUT2D eigenvalue weighted by atomic mass is 10.2. The van der Waals surface area contributed by atoms with Crippen LogP contribution in [0.5, 0.6) is 0 Å². The standard InChI is InChI=1S/C14H17FN4/c1-9(2)14-17-12(16)8-13(18-14)19(3)11-7-5-4-6-10(11)15/h4-9H,1-3H3,(H2,16,17,18). The maximum atomic E-state index is 13.8. The second-order valence-corrected chi connectivity index (χ2v) is 4.67. The van der Waals surface area contributed by atoms with Gasteiger partial charge in [0.15, 0.2) is 0 Å². The van der Waals surface area contributed by atoms with Crippen molar-refractivity contribution in [3.8, 4) is 0 Å². The van der Waals surface area contributed by atoms with Crippen molar-refractivity contribution < 1.29 is 4.39 Å². The molecule has 0 atom stereocenters. The molecule has 0 fully saturated rings. The SMILES string of the molecule is CC(C)c1nc(N)cc(N(C)c2ccccc2F)n1. The van der Waals surface area contributed by atoms with E-state index in [1.807, 2.05) is 13.8 Å². The molecule has 0 amide bonds. The molecule has 19 heavy (non-hydrogen) atoms. The largest absolute Gasteiger partial charge is 0.384 e. The van der Waals surface area contributed by atoms with Crippen LogP contribution in [-0.2, 0) is 0 Å². The van der Waals surface area contributed by atoms with Crippen molar-refractivity contribution in [3.63, 3.8) is 0 Å². The minimum Gasteiger partial charge on any atom is -0.384 e. The predicted molar refractivity (Wildman–Crippen MR) is 75.0 cm³/mol. The average molecular weight is 260 g/mol. The van der Waals surface area contributed by atoms with E-state index < -0.39 is 0 Å². The van der Waals surface area contributed by atoms with E-state index in [4.69, 9.17) is 5.73 Å². The first-order valence-corrected chi connectivity index (χ1v) is 6.11. The molecule has 0 radical (unpaired) electrons. The third-order valence-corrected chi connectivity index (χ3v) is 2.82. The number of nitrogen functional groups attached to an aromatic ring is 1. The van der Waals surface area contributed by atoms with Crippen molar-refractivity contribution >= 4 is 17.3 Å². The first-order chi connectivity index (χ1) is 8.99. The monoisotopic (exact) mass is 260 g/mol. The number of anilines is 3. The maximum absolute atomic E-state index is 13.8. The first-order valence-electron chi connectivity index (χ1n) is 6.11. The fraction of sp³-hybridized carbons (Fsp3) is 0.286. The first kappa shape index (κ1) is 13.3. The Morgan fingerprint density at radius 2 is 1.89 bits per heavy atom. The van der Waals surface area contributed by atoms with Crippen LogP contribution >= 0.6 is 0 Å². The Hall–Kier alpha value is -2.17. The molecular formula is C14H17FN4. The second-order valence-electron chi connectivity index (χ2n) is 4.67. The van der Waals surface area contributed by atoms with Crippen molar-refractivity contribution in [3.05, 3.63) is 42.0 Å². The molecule has 1 aromatic heterocycles. The van der Waals surface area contributed by atoms with Gasteiger partial charge in [-0.15, -0.1) is 0 Å². The van der Waals surface area contributed by atoms with Crippen LogP contribution < -0.4 is 10.6 Å². The molecule has 5 heteroatoms. The van der Waals surface area contributed by atoms with Gasteiger partial charge >= 0.3 is 0 Å². The zero-order valence-corrected chi connectivity index (χ0v) is 11.3. The molecule has 0 aliphatic heterocycles. The van der Waals surface area contributed by atoms with Gasteiger partial charge in [0.2, 0.25) is 0 Å². The van der Waals surface area contributed by atoms with Crippen molar-refractivity contribution in [2.45, 2.75) is 19.8 Å². The van der Waals surface area contributed by atoms with E-state index in [2.05, 4.69) is 9.97 Å². The highest BCUT2D eigenvalue weighted by molar-refractivity contribution is 5.61. The third kappa shape index (κ3) is 2.81.